The first-order chi connectivity index (χ1) is 13.9. The van der Waals surface area contributed by atoms with Gasteiger partial charge in [0.25, 0.3) is 5.91 Å². The third-order valence-electron chi connectivity index (χ3n) is 4.62. The molecule has 0 unspecified atom stereocenters. The summed E-state index contributed by atoms with van der Waals surface area (Å²) in [6.07, 6.45) is 1.14. The maximum atomic E-state index is 12.9. The zero-order chi connectivity index (χ0) is 23.1. The molecule has 3 amide bonds. The van der Waals surface area contributed by atoms with Gasteiger partial charge in [-0.3, -0.25) is 14.4 Å². The molecule has 9 nitrogen and oxygen atoms in total. The van der Waals surface area contributed by atoms with E-state index in [1.54, 1.807) is 0 Å². The molecule has 1 heterocycles. The van der Waals surface area contributed by atoms with E-state index in [2.05, 4.69) is 21.3 Å². The molecule has 166 valence electrons. The second kappa shape index (κ2) is 11.0. The summed E-state index contributed by atoms with van der Waals surface area (Å²) in [7, 11) is 1.50. The second-order valence-corrected chi connectivity index (χ2v) is 8.94. The van der Waals surface area contributed by atoms with Crippen LogP contribution in [-0.2, 0) is 14.4 Å². The van der Waals surface area contributed by atoms with E-state index >= 15 is 0 Å². The normalized spacial score (nSPS) is 19.0. The molecule has 0 radical (unpaired) electrons. The van der Waals surface area contributed by atoms with Crippen LogP contribution >= 0.6 is 11.6 Å². The fourth-order valence-electron chi connectivity index (χ4n) is 3.13. The van der Waals surface area contributed by atoms with Crippen molar-refractivity contribution >= 4 is 35.0 Å². The molecule has 1 saturated heterocycles. The Morgan fingerprint density at radius 1 is 1.37 bits per heavy atom. The van der Waals surface area contributed by atoms with Crippen molar-refractivity contribution in [3.63, 3.8) is 0 Å². The van der Waals surface area contributed by atoms with E-state index in [4.69, 9.17) is 17.0 Å². The lowest BCUT2D eigenvalue weighted by molar-refractivity contribution is -0.129. The first-order valence-electron chi connectivity index (χ1n) is 9.81. The Bertz CT molecular complexity index is 765. The summed E-state index contributed by atoms with van der Waals surface area (Å²) >= 11 is 6.04. The van der Waals surface area contributed by atoms with Crippen LogP contribution in [0.15, 0.2) is 10.7 Å². The van der Waals surface area contributed by atoms with Gasteiger partial charge in [0.1, 0.15) is 17.8 Å². The van der Waals surface area contributed by atoms with E-state index in [0.717, 1.165) is 0 Å². The van der Waals surface area contributed by atoms with Crippen LogP contribution in [0, 0.1) is 28.1 Å². The predicted molar refractivity (Wildman–Crippen MR) is 115 cm³/mol. The first-order valence-corrected chi connectivity index (χ1v) is 10.2. The molecule has 5 N–H and O–H groups in total. The standard InChI is InChI=1S/C20H31ClN6O3/c1-11(23)15(21)16(24-5)19(30)27-14(9-20(2,3)4)18(29)26-13(10-22)8-12-6-7-25-17(12)28/h12-14,23-24H,6-9H2,1-5H3,(H,25,28)(H,26,29)(H,27,30)/b16-15+,23-11?/t12-,13-,14-/m0/s1. The minimum atomic E-state index is -0.926. The van der Waals surface area contributed by atoms with Crippen molar-refractivity contribution < 1.29 is 14.4 Å². The van der Waals surface area contributed by atoms with Crippen LogP contribution in [0.1, 0.15) is 47.0 Å². The van der Waals surface area contributed by atoms with E-state index in [1.165, 1.54) is 14.0 Å². The van der Waals surface area contributed by atoms with Crippen molar-refractivity contribution in [2.24, 2.45) is 11.3 Å². The molecule has 30 heavy (non-hydrogen) atoms. The molecule has 0 aromatic heterocycles. The van der Waals surface area contributed by atoms with Gasteiger partial charge in [-0.25, -0.2) is 0 Å². The quantitative estimate of drug-likeness (QED) is 0.270. The van der Waals surface area contributed by atoms with Gasteiger partial charge in [-0.15, -0.1) is 0 Å². The highest BCUT2D eigenvalue weighted by molar-refractivity contribution is 6.44. The Morgan fingerprint density at radius 2 is 2.00 bits per heavy atom. The van der Waals surface area contributed by atoms with Crippen LogP contribution < -0.4 is 21.3 Å². The number of amides is 3. The second-order valence-electron chi connectivity index (χ2n) is 8.56. The van der Waals surface area contributed by atoms with E-state index in [1.807, 2.05) is 26.8 Å². The Labute approximate surface area is 182 Å². The number of likely N-dealkylation sites (N-methyl/N-ethyl adjacent to an activating group) is 1. The molecule has 10 heteroatoms. The summed E-state index contributed by atoms with van der Waals surface area (Å²) < 4.78 is 0. The monoisotopic (exact) mass is 438 g/mol. The maximum Gasteiger partial charge on any atom is 0.269 e. The maximum absolute atomic E-state index is 12.9. The van der Waals surface area contributed by atoms with Gasteiger partial charge in [0.2, 0.25) is 11.8 Å². The van der Waals surface area contributed by atoms with Gasteiger partial charge in [0.15, 0.2) is 0 Å². The topological polar surface area (TPSA) is 147 Å². The number of allylic oxidation sites excluding steroid dienone is 1. The van der Waals surface area contributed by atoms with E-state index in [9.17, 15) is 19.6 Å². The number of hydrogen-bond donors (Lipinski definition) is 5. The van der Waals surface area contributed by atoms with Gasteiger partial charge >= 0.3 is 0 Å². The van der Waals surface area contributed by atoms with Crippen LogP contribution in [-0.4, -0.2) is 49.1 Å². The summed E-state index contributed by atoms with van der Waals surface area (Å²) in [6.45, 7) is 7.78. The molecule has 0 aromatic rings. The predicted octanol–water partition coefficient (Wildman–Crippen LogP) is 1.15. The van der Waals surface area contributed by atoms with Crippen molar-refractivity contribution in [2.45, 2.75) is 59.0 Å². The summed E-state index contributed by atoms with van der Waals surface area (Å²) in [4.78, 5) is 37.4. The number of hydrogen-bond acceptors (Lipinski definition) is 6. The number of nitrogens with zero attached hydrogens (tertiary/aromatic N) is 1. The Kier molecular flexibility index (Phi) is 9.30. The summed E-state index contributed by atoms with van der Waals surface area (Å²) in [5, 5.41) is 27.7. The Morgan fingerprint density at radius 3 is 2.43 bits per heavy atom. The highest BCUT2D eigenvalue weighted by atomic mass is 35.5. The molecule has 1 fully saturated rings. The smallest absolute Gasteiger partial charge is 0.269 e. The average molecular weight is 439 g/mol. The van der Waals surface area contributed by atoms with Crippen molar-refractivity contribution in [3.05, 3.63) is 10.7 Å². The van der Waals surface area contributed by atoms with Crippen LogP contribution in [0.3, 0.4) is 0 Å². The van der Waals surface area contributed by atoms with Crippen molar-refractivity contribution in [1.82, 2.24) is 21.3 Å². The number of nitrogens with one attached hydrogen (secondary N) is 5. The molecular formula is C20H31ClN6O3. The zero-order valence-corrected chi connectivity index (χ0v) is 18.9. The van der Waals surface area contributed by atoms with Gasteiger partial charge in [0, 0.05) is 25.2 Å². The van der Waals surface area contributed by atoms with Gasteiger partial charge in [-0.2, -0.15) is 5.26 Å². The summed E-state index contributed by atoms with van der Waals surface area (Å²) in [5.74, 6) is -1.58. The lowest BCUT2D eigenvalue weighted by Gasteiger charge is -2.27. The van der Waals surface area contributed by atoms with Crippen molar-refractivity contribution in [3.8, 4) is 6.07 Å². The summed E-state index contributed by atoms with van der Waals surface area (Å²) in [5.41, 5.74) is -0.309. The highest BCUT2D eigenvalue weighted by Crippen LogP contribution is 2.22. The molecule has 0 aromatic carbocycles. The minimum absolute atomic E-state index is 0.00683. The lowest BCUT2D eigenvalue weighted by Crippen LogP contribution is -2.52. The van der Waals surface area contributed by atoms with Gasteiger partial charge in [-0.1, -0.05) is 32.4 Å². The third kappa shape index (κ3) is 7.67. The minimum Gasteiger partial charge on any atom is -0.382 e. The Balaban J connectivity index is 2.98. The Hall–Kier alpha value is -2.60. The van der Waals surface area contributed by atoms with Crippen molar-refractivity contribution in [1.29, 1.82) is 10.7 Å². The molecular weight excluding hydrogens is 408 g/mol. The molecule has 0 bridgehead atoms. The van der Waals surface area contributed by atoms with Gasteiger partial charge in [0.05, 0.1) is 11.1 Å². The number of carbonyl (C=O) groups is 3. The molecule has 0 spiro atoms. The molecule has 1 rings (SSSR count). The van der Waals surface area contributed by atoms with Crippen LogP contribution in [0.2, 0.25) is 0 Å². The molecule has 3 atom stereocenters. The van der Waals surface area contributed by atoms with Crippen LogP contribution in [0.25, 0.3) is 0 Å². The fraction of sp³-hybridized carbons (Fsp3) is 0.650. The largest absolute Gasteiger partial charge is 0.382 e. The lowest BCUT2D eigenvalue weighted by atomic mass is 9.87. The highest BCUT2D eigenvalue weighted by Gasteiger charge is 2.32. The number of nitriles is 1. The third-order valence-corrected chi connectivity index (χ3v) is 5.09. The SMILES string of the molecule is CN/C(C(=O)N[C@@H](CC(C)(C)C)C(=O)N[C@H](C#N)C[C@@H]1CCNC1=O)=C(/Cl)C(C)=N. The summed E-state index contributed by atoms with van der Waals surface area (Å²) in [6, 6.07) is 0.247. The van der Waals surface area contributed by atoms with Crippen molar-refractivity contribution in [2.75, 3.05) is 13.6 Å². The molecule has 1 aliphatic heterocycles. The van der Waals surface area contributed by atoms with Crippen LogP contribution in [0.4, 0.5) is 0 Å². The van der Waals surface area contributed by atoms with Gasteiger partial charge < -0.3 is 26.7 Å². The number of carbonyl (C=O) groups excluding carboxylic acids is 3. The molecule has 1 aliphatic rings. The fourth-order valence-corrected chi connectivity index (χ4v) is 3.31. The number of rotatable bonds is 9. The zero-order valence-electron chi connectivity index (χ0n) is 18.1. The average Bonchev–Trinajstić information content (AvgIpc) is 3.04. The first kappa shape index (κ1) is 25.4. The van der Waals surface area contributed by atoms with Gasteiger partial charge in [-0.05, 0) is 31.6 Å². The number of halogens is 1. The molecule has 0 aliphatic carbocycles. The molecule has 0 saturated carbocycles. The van der Waals surface area contributed by atoms with E-state index in [0.29, 0.717) is 19.4 Å². The van der Waals surface area contributed by atoms with E-state index < -0.39 is 23.9 Å². The van der Waals surface area contributed by atoms with Crippen LogP contribution in [0.5, 0.6) is 0 Å². The van der Waals surface area contributed by atoms with E-state index in [-0.39, 0.29) is 40.1 Å².